The molecular weight excluding hydrogens is 211 g/mol. The van der Waals surface area contributed by atoms with Crippen LogP contribution in [0.5, 0.6) is 0 Å². The lowest BCUT2D eigenvalue weighted by Crippen LogP contribution is -2.33. The molecule has 4 nitrogen and oxygen atoms in total. The van der Waals surface area contributed by atoms with Crippen molar-refractivity contribution in [2.45, 2.75) is 18.7 Å². The second kappa shape index (κ2) is 3.49. The van der Waals surface area contributed by atoms with Gasteiger partial charge in [0.25, 0.3) is 0 Å². The average Bonchev–Trinajstić information content (AvgIpc) is 2.47. The minimum atomic E-state index is -4.59. The first-order valence-electron chi connectivity index (χ1n) is 4.22. The molecule has 86 valence electrons. The molecule has 0 saturated carbocycles. The van der Waals surface area contributed by atoms with E-state index in [1.807, 2.05) is 0 Å². The van der Waals surface area contributed by atoms with Crippen molar-refractivity contribution >= 4 is 0 Å². The predicted octanol–water partition coefficient (Wildman–Crippen LogP) is 0.605. The van der Waals surface area contributed by atoms with Gasteiger partial charge in [-0.1, -0.05) is 0 Å². The van der Waals surface area contributed by atoms with Gasteiger partial charge in [-0.2, -0.15) is 18.3 Å². The van der Waals surface area contributed by atoms with Crippen molar-refractivity contribution in [1.82, 2.24) is 9.78 Å². The molecule has 1 heterocycles. The lowest BCUT2D eigenvalue weighted by atomic mass is 9.96. The number of alkyl halides is 3. The SMILES string of the molecule is Cn1cc(C(C)(O)CN)c(C(F)(F)F)n1. The molecule has 0 radical (unpaired) electrons. The molecule has 0 spiro atoms. The van der Waals surface area contributed by atoms with Crippen molar-refractivity contribution < 1.29 is 18.3 Å². The van der Waals surface area contributed by atoms with Crippen LogP contribution in [-0.2, 0) is 18.8 Å². The second-order valence-electron chi connectivity index (χ2n) is 3.54. The molecule has 0 aliphatic carbocycles. The largest absolute Gasteiger partial charge is 0.435 e. The summed E-state index contributed by atoms with van der Waals surface area (Å²) >= 11 is 0. The van der Waals surface area contributed by atoms with Crippen molar-refractivity contribution in [3.8, 4) is 0 Å². The summed E-state index contributed by atoms with van der Waals surface area (Å²) in [4.78, 5) is 0. The summed E-state index contributed by atoms with van der Waals surface area (Å²) in [6.45, 7) is 0.918. The van der Waals surface area contributed by atoms with Gasteiger partial charge in [-0.05, 0) is 6.92 Å². The van der Waals surface area contributed by atoms with E-state index in [1.165, 1.54) is 14.0 Å². The Kier molecular flexibility index (Phi) is 2.79. The highest BCUT2D eigenvalue weighted by atomic mass is 19.4. The Morgan fingerprint density at radius 2 is 2.07 bits per heavy atom. The molecule has 1 rings (SSSR count). The van der Waals surface area contributed by atoms with E-state index in [9.17, 15) is 18.3 Å². The molecule has 3 N–H and O–H groups in total. The summed E-state index contributed by atoms with van der Waals surface area (Å²) in [6.07, 6.45) is -3.47. The highest BCUT2D eigenvalue weighted by Gasteiger charge is 2.41. The molecule has 0 fully saturated rings. The fourth-order valence-corrected chi connectivity index (χ4v) is 1.20. The summed E-state index contributed by atoms with van der Waals surface area (Å²) in [6, 6.07) is 0. The van der Waals surface area contributed by atoms with Gasteiger partial charge < -0.3 is 10.8 Å². The quantitative estimate of drug-likeness (QED) is 0.771. The minimum Gasteiger partial charge on any atom is -0.384 e. The van der Waals surface area contributed by atoms with Crippen LogP contribution in [0.15, 0.2) is 6.20 Å². The van der Waals surface area contributed by atoms with Crippen molar-refractivity contribution in [1.29, 1.82) is 0 Å². The minimum absolute atomic E-state index is 0.304. The molecule has 0 bridgehead atoms. The van der Waals surface area contributed by atoms with Crippen molar-refractivity contribution in [3.63, 3.8) is 0 Å². The number of aliphatic hydroxyl groups is 1. The van der Waals surface area contributed by atoms with Crippen LogP contribution in [0.2, 0.25) is 0 Å². The third-order valence-corrected chi connectivity index (χ3v) is 2.08. The van der Waals surface area contributed by atoms with Crippen LogP contribution in [0.25, 0.3) is 0 Å². The molecule has 0 aromatic carbocycles. The highest BCUT2D eigenvalue weighted by molar-refractivity contribution is 5.26. The average molecular weight is 223 g/mol. The number of halogens is 3. The zero-order valence-corrected chi connectivity index (χ0v) is 8.34. The molecule has 0 aliphatic rings. The molecule has 15 heavy (non-hydrogen) atoms. The van der Waals surface area contributed by atoms with Crippen LogP contribution in [0.1, 0.15) is 18.2 Å². The van der Waals surface area contributed by atoms with E-state index in [4.69, 9.17) is 5.73 Å². The monoisotopic (exact) mass is 223 g/mol. The van der Waals surface area contributed by atoms with Gasteiger partial charge in [0.1, 0.15) is 5.60 Å². The lowest BCUT2D eigenvalue weighted by molar-refractivity contribution is -0.144. The predicted molar refractivity (Wildman–Crippen MR) is 46.8 cm³/mol. The van der Waals surface area contributed by atoms with Crippen LogP contribution in [0.4, 0.5) is 13.2 Å². The van der Waals surface area contributed by atoms with Crippen LogP contribution in [-0.4, -0.2) is 21.4 Å². The Morgan fingerprint density at radius 3 is 2.47 bits per heavy atom. The zero-order valence-electron chi connectivity index (χ0n) is 8.34. The molecule has 1 aromatic heterocycles. The van der Waals surface area contributed by atoms with E-state index in [0.717, 1.165) is 10.9 Å². The maximum absolute atomic E-state index is 12.5. The standard InChI is InChI=1S/C8H12F3N3O/c1-7(15,4-12)5-3-14(2)13-6(5)8(9,10)11/h3,15H,4,12H2,1-2H3. The number of rotatable bonds is 2. The van der Waals surface area contributed by atoms with Gasteiger partial charge in [0, 0.05) is 25.4 Å². The number of aryl methyl sites for hydroxylation is 1. The molecule has 0 aliphatic heterocycles. The van der Waals surface area contributed by atoms with Crippen LogP contribution in [0, 0.1) is 0 Å². The molecule has 1 aromatic rings. The smallest absolute Gasteiger partial charge is 0.384 e. The molecule has 1 atom stereocenters. The van der Waals surface area contributed by atoms with E-state index in [2.05, 4.69) is 5.10 Å². The maximum atomic E-state index is 12.5. The zero-order chi connectivity index (χ0) is 11.9. The Morgan fingerprint density at radius 1 is 1.53 bits per heavy atom. The number of hydrogen-bond acceptors (Lipinski definition) is 3. The lowest BCUT2D eigenvalue weighted by Gasteiger charge is -2.21. The van der Waals surface area contributed by atoms with Gasteiger partial charge in [-0.3, -0.25) is 4.68 Å². The number of nitrogens with two attached hydrogens (primary N) is 1. The molecule has 0 saturated heterocycles. The molecule has 1 unspecified atom stereocenters. The van der Waals surface area contributed by atoms with Crippen LogP contribution in [0.3, 0.4) is 0 Å². The van der Waals surface area contributed by atoms with E-state index in [-0.39, 0.29) is 12.1 Å². The van der Waals surface area contributed by atoms with Gasteiger partial charge in [0.15, 0.2) is 5.69 Å². The summed E-state index contributed by atoms with van der Waals surface area (Å²) in [5.74, 6) is 0. The maximum Gasteiger partial charge on any atom is 0.435 e. The molecule has 0 amide bonds. The summed E-state index contributed by atoms with van der Waals surface area (Å²) < 4.78 is 38.5. The summed E-state index contributed by atoms with van der Waals surface area (Å²) in [5, 5.41) is 12.9. The number of nitrogens with zero attached hydrogens (tertiary/aromatic N) is 2. The third-order valence-electron chi connectivity index (χ3n) is 2.08. The van der Waals surface area contributed by atoms with Gasteiger partial charge in [0.2, 0.25) is 0 Å². The fourth-order valence-electron chi connectivity index (χ4n) is 1.20. The van der Waals surface area contributed by atoms with E-state index >= 15 is 0 Å². The van der Waals surface area contributed by atoms with E-state index < -0.39 is 17.5 Å². The fraction of sp³-hybridized carbons (Fsp3) is 0.625. The summed E-state index contributed by atoms with van der Waals surface area (Å²) in [7, 11) is 1.35. The first-order valence-corrected chi connectivity index (χ1v) is 4.22. The topological polar surface area (TPSA) is 64.1 Å². The van der Waals surface area contributed by atoms with Crippen molar-refractivity contribution in [2.24, 2.45) is 12.8 Å². The molecular formula is C8H12F3N3O. The Balaban J connectivity index is 3.30. The number of hydrogen-bond donors (Lipinski definition) is 2. The van der Waals surface area contributed by atoms with Crippen LogP contribution >= 0.6 is 0 Å². The first-order chi connectivity index (χ1) is 6.68. The normalized spacial score (nSPS) is 16.5. The Bertz CT molecular complexity index is 357. The van der Waals surface area contributed by atoms with E-state index in [0.29, 0.717) is 0 Å². The van der Waals surface area contributed by atoms with Gasteiger partial charge in [0.05, 0.1) is 0 Å². The first kappa shape index (κ1) is 12.0. The van der Waals surface area contributed by atoms with Crippen molar-refractivity contribution in [2.75, 3.05) is 6.54 Å². The Hall–Kier alpha value is -1.08. The second-order valence-corrected chi connectivity index (χ2v) is 3.54. The highest BCUT2D eigenvalue weighted by Crippen LogP contribution is 2.35. The Labute approximate surface area is 84.5 Å². The van der Waals surface area contributed by atoms with Gasteiger partial charge >= 0.3 is 6.18 Å². The van der Waals surface area contributed by atoms with Crippen LogP contribution < -0.4 is 5.73 Å². The summed E-state index contributed by atoms with van der Waals surface area (Å²) in [5.41, 5.74) is 2.08. The van der Waals surface area contributed by atoms with Gasteiger partial charge in [-0.15, -0.1) is 0 Å². The molecule has 7 heteroatoms. The van der Waals surface area contributed by atoms with E-state index in [1.54, 1.807) is 0 Å². The number of aromatic nitrogens is 2. The van der Waals surface area contributed by atoms with Gasteiger partial charge in [-0.25, -0.2) is 0 Å². The third kappa shape index (κ3) is 2.29. The van der Waals surface area contributed by atoms with Crippen molar-refractivity contribution in [3.05, 3.63) is 17.5 Å².